The van der Waals surface area contributed by atoms with E-state index >= 15 is 0 Å². The smallest absolute Gasteiger partial charge is 0.0737 e. The summed E-state index contributed by atoms with van der Waals surface area (Å²) in [5.74, 6) is 0. The Bertz CT molecular complexity index is 2560. The Balaban J connectivity index is 1.41. The number of nitrogens with one attached hydrogen (secondary N) is 3. The highest BCUT2D eigenvalue weighted by molar-refractivity contribution is 5.96. The third-order valence-electron chi connectivity index (χ3n) is 10.4. The molecule has 0 fully saturated rings. The van der Waals surface area contributed by atoms with Gasteiger partial charge in [-0.15, -0.1) is 0 Å². The highest BCUT2D eigenvalue weighted by Gasteiger charge is 2.22. The molecule has 5 nitrogen and oxygen atoms in total. The maximum Gasteiger partial charge on any atom is 0.0737 e. The predicted molar refractivity (Wildman–Crippen MR) is 223 cm³/mol. The molecule has 53 heavy (non-hydrogen) atoms. The lowest BCUT2D eigenvalue weighted by molar-refractivity contribution is 0.764. The quantitative estimate of drug-likeness (QED) is 0.156. The summed E-state index contributed by atoms with van der Waals surface area (Å²) in [4.78, 5) is 18.7. The Labute approximate surface area is 310 Å². The highest BCUT2D eigenvalue weighted by atomic mass is 14.9. The fraction of sp³-hybridized carbons (Fsp3) is 0.125. The fourth-order valence-corrected chi connectivity index (χ4v) is 7.67. The van der Waals surface area contributed by atoms with Crippen LogP contribution in [-0.4, -0.2) is 26.0 Å². The molecule has 0 saturated carbocycles. The number of rotatable bonds is 7. The van der Waals surface area contributed by atoms with Crippen molar-refractivity contribution < 1.29 is 0 Å². The molecule has 6 aromatic rings. The van der Waals surface area contributed by atoms with Gasteiger partial charge >= 0.3 is 0 Å². The molecular formula is C48H41N5. The first kappa shape index (κ1) is 32.4. The number of anilines is 1. The van der Waals surface area contributed by atoms with Gasteiger partial charge in [0.2, 0.25) is 0 Å². The number of hydrogen-bond donors (Lipinski definition) is 3. The van der Waals surface area contributed by atoms with Gasteiger partial charge in [0.1, 0.15) is 0 Å². The number of aromatic nitrogens is 4. The van der Waals surface area contributed by atoms with Crippen LogP contribution in [0.4, 0.5) is 5.69 Å². The van der Waals surface area contributed by atoms with E-state index in [9.17, 15) is 0 Å². The van der Waals surface area contributed by atoms with Crippen LogP contribution in [0.1, 0.15) is 54.4 Å². The summed E-state index contributed by atoms with van der Waals surface area (Å²) in [5, 5.41) is 3.63. The Morgan fingerprint density at radius 2 is 0.887 bits per heavy atom. The van der Waals surface area contributed by atoms with Crippen molar-refractivity contribution in [3.63, 3.8) is 0 Å². The van der Waals surface area contributed by atoms with Crippen molar-refractivity contribution >= 4 is 41.0 Å². The second-order valence-electron chi connectivity index (χ2n) is 13.9. The van der Waals surface area contributed by atoms with Crippen molar-refractivity contribution in [2.24, 2.45) is 0 Å². The molecule has 5 heterocycles. The third-order valence-corrected chi connectivity index (χ3v) is 10.4. The van der Waals surface area contributed by atoms with Gasteiger partial charge in [-0.1, -0.05) is 110 Å². The van der Waals surface area contributed by atoms with Crippen molar-refractivity contribution in [2.45, 2.75) is 39.2 Å². The van der Waals surface area contributed by atoms with Gasteiger partial charge < -0.3 is 15.3 Å². The van der Waals surface area contributed by atoms with E-state index in [0.29, 0.717) is 6.04 Å². The lowest BCUT2D eigenvalue weighted by Gasteiger charge is -2.14. The Kier molecular flexibility index (Phi) is 8.53. The second kappa shape index (κ2) is 13.9. The van der Waals surface area contributed by atoms with E-state index < -0.39 is 0 Å². The van der Waals surface area contributed by atoms with Gasteiger partial charge in [0.25, 0.3) is 0 Å². The summed E-state index contributed by atoms with van der Waals surface area (Å²) in [6.07, 6.45) is 11.5. The second-order valence-corrected chi connectivity index (χ2v) is 13.9. The SMILES string of the molecule is CCC(C)Nc1ccc(-c2c3nc(c(-c4ccccc4)c4ccc([nH]4)c(-c4ccccc4)c4nc(c(-c5ccccc5)c5[nH]c2CC5)C=C4)C=C3)cc1. The van der Waals surface area contributed by atoms with Crippen molar-refractivity contribution in [2.75, 3.05) is 5.32 Å². The number of benzene rings is 4. The van der Waals surface area contributed by atoms with Gasteiger partial charge in [-0.2, -0.15) is 0 Å². The van der Waals surface area contributed by atoms with Crippen molar-refractivity contribution in [1.29, 1.82) is 0 Å². The zero-order chi connectivity index (χ0) is 35.7. The Morgan fingerprint density at radius 1 is 0.491 bits per heavy atom. The maximum atomic E-state index is 5.45. The van der Waals surface area contributed by atoms with E-state index in [0.717, 1.165) is 103 Å². The summed E-state index contributed by atoms with van der Waals surface area (Å²) < 4.78 is 0. The van der Waals surface area contributed by atoms with E-state index in [4.69, 9.17) is 9.97 Å². The van der Waals surface area contributed by atoms with Gasteiger partial charge in [-0.25, -0.2) is 9.97 Å². The average molecular weight is 688 g/mol. The molecule has 4 aromatic carbocycles. The molecule has 0 saturated heterocycles. The lowest BCUT2D eigenvalue weighted by atomic mass is 9.99. The van der Waals surface area contributed by atoms with Crippen LogP contribution < -0.4 is 5.32 Å². The molecule has 1 unspecified atom stereocenters. The standard InChI is InChI=1S/C48H41N5/c1-3-31(2)49-36-21-19-35(20-22-36)48-43-29-27-41(52-43)46(33-15-9-5-10-16-33)39-25-23-37(50-39)45(32-13-7-4-8-14-32)38-24-26-40(51-38)47(34-17-11-6-12-18-34)42-28-30-44(48)53-42/h4-27,29,31,49-50,53H,3,28,30H2,1-2H3. The first-order valence-corrected chi connectivity index (χ1v) is 18.6. The molecule has 0 amide bonds. The number of nitrogens with zero attached hydrogens (tertiary/aromatic N) is 2. The molecule has 3 aliphatic heterocycles. The minimum Gasteiger partial charge on any atom is -0.383 e. The van der Waals surface area contributed by atoms with Crippen molar-refractivity contribution in [3.05, 3.63) is 162 Å². The summed E-state index contributed by atoms with van der Waals surface area (Å²) in [6, 6.07) is 45.4. The fourth-order valence-electron chi connectivity index (χ4n) is 7.67. The average Bonchev–Trinajstić information content (AvgIpc) is 4.05. The number of aromatic amines is 2. The van der Waals surface area contributed by atoms with Crippen LogP contribution in [0.15, 0.2) is 127 Å². The number of hydrogen-bond acceptors (Lipinski definition) is 3. The lowest BCUT2D eigenvalue weighted by Crippen LogP contribution is -2.13. The van der Waals surface area contributed by atoms with Crippen LogP contribution >= 0.6 is 0 Å². The van der Waals surface area contributed by atoms with Crippen LogP contribution in [-0.2, 0) is 12.8 Å². The van der Waals surface area contributed by atoms with E-state index in [-0.39, 0.29) is 0 Å². The number of fused-ring (bicyclic) bond motifs is 8. The van der Waals surface area contributed by atoms with Crippen molar-refractivity contribution in [3.8, 4) is 44.5 Å². The van der Waals surface area contributed by atoms with Gasteiger partial charge in [-0.05, 0) is 97.0 Å². The summed E-state index contributed by atoms with van der Waals surface area (Å²) in [5.41, 5.74) is 18.1. The van der Waals surface area contributed by atoms with E-state index in [1.165, 1.54) is 11.4 Å². The molecule has 0 radical (unpaired) electrons. The molecular weight excluding hydrogens is 647 g/mol. The molecule has 0 spiro atoms. The van der Waals surface area contributed by atoms with Gasteiger partial charge in [-0.3, -0.25) is 0 Å². The first-order chi connectivity index (χ1) is 26.1. The third kappa shape index (κ3) is 6.25. The summed E-state index contributed by atoms with van der Waals surface area (Å²) in [6.45, 7) is 4.42. The van der Waals surface area contributed by atoms with Crippen LogP contribution in [0, 0.1) is 0 Å². The minimum atomic E-state index is 0.401. The van der Waals surface area contributed by atoms with Crippen LogP contribution in [0.25, 0.3) is 79.8 Å². The largest absolute Gasteiger partial charge is 0.383 e. The molecule has 8 bridgehead atoms. The van der Waals surface area contributed by atoms with Gasteiger partial charge in [0.05, 0.1) is 22.8 Å². The van der Waals surface area contributed by atoms with E-state index in [1.807, 2.05) is 0 Å². The molecule has 2 aromatic heterocycles. The van der Waals surface area contributed by atoms with E-state index in [2.05, 4.69) is 181 Å². The van der Waals surface area contributed by atoms with Gasteiger partial charge in [0.15, 0.2) is 0 Å². The molecule has 1 atom stereocenters. The molecule has 5 heteroatoms. The predicted octanol–water partition coefficient (Wildman–Crippen LogP) is 12.0. The number of aryl methyl sites for hydroxylation is 2. The van der Waals surface area contributed by atoms with Crippen LogP contribution in [0.2, 0.25) is 0 Å². The Morgan fingerprint density at radius 3 is 1.32 bits per heavy atom. The normalized spacial score (nSPS) is 13.2. The highest BCUT2D eigenvalue weighted by Crippen LogP contribution is 2.39. The van der Waals surface area contributed by atoms with Gasteiger partial charge in [0, 0.05) is 56.4 Å². The monoisotopic (exact) mass is 687 g/mol. The topological polar surface area (TPSA) is 69.4 Å². The maximum absolute atomic E-state index is 5.45. The summed E-state index contributed by atoms with van der Waals surface area (Å²) >= 11 is 0. The molecule has 3 aliphatic rings. The summed E-state index contributed by atoms with van der Waals surface area (Å²) in [7, 11) is 0. The van der Waals surface area contributed by atoms with Crippen molar-refractivity contribution in [1.82, 2.24) is 19.9 Å². The minimum absolute atomic E-state index is 0.401. The molecule has 258 valence electrons. The van der Waals surface area contributed by atoms with Crippen LogP contribution in [0.3, 0.4) is 0 Å². The van der Waals surface area contributed by atoms with Crippen LogP contribution in [0.5, 0.6) is 0 Å². The Hall–Kier alpha value is -6.46. The first-order valence-electron chi connectivity index (χ1n) is 18.6. The molecule has 9 rings (SSSR count). The van der Waals surface area contributed by atoms with E-state index in [1.54, 1.807) is 0 Å². The zero-order valence-corrected chi connectivity index (χ0v) is 30.0. The number of H-pyrrole nitrogens is 2. The molecule has 3 N–H and O–H groups in total. The molecule has 0 aliphatic carbocycles. The zero-order valence-electron chi connectivity index (χ0n) is 30.0.